The van der Waals surface area contributed by atoms with E-state index < -0.39 is 5.91 Å². The molecule has 1 aliphatic rings. The van der Waals surface area contributed by atoms with Crippen LogP contribution in [0.1, 0.15) is 26.7 Å². The number of primary amides is 1. The number of carbonyl (C=O) groups excluding carboxylic acids is 3. The molecule has 1 heterocycles. The normalized spacial score (nSPS) is 12.3. The molecule has 1 fully saturated rings. The fourth-order valence-electron chi connectivity index (χ4n) is 1.21. The lowest BCUT2D eigenvalue weighted by Crippen LogP contribution is -2.27. The van der Waals surface area contributed by atoms with Crippen molar-refractivity contribution in [1.29, 1.82) is 0 Å². The summed E-state index contributed by atoms with van der Waals surface area (Å²) in [6.45, 7) is 14.6. The molecule has 1 aliphatic heterocycles. The molecule has 118 valence electrons. The van der Waals surface area contributed by atoms with Gasteiger partial charge in [-0.1, -0.05) is 19.7 Å². The topological polar surface area (TPSA) is 92.5 Å². The Labute approximate surface area is 126 Å². The van der Waals surface area contributed by atoms with E-state index in [0.29, 0.717) is 6.42 Å². The maximum atomic E-state index is 10.7. The van der Waals surface area contributed by atoms with Gasteiger partial charge in [0.15, 0.2) is 0 Å². The first-order valence-electron chi connectivity index (χ1n) is 6.55. The first kappa shape index (κ1) is 20.9. The Balaban J connectivity index is 0. The summed E-state index contributed by atoms with van der Waals surface area (Å²) in [5.74, 6) is -0.384. The van der Waals surface area contributed by atoms with Crippen LogP contribution in [0.5, 0.6) is 0 Å². The minimum Gasteiger partial charge on any atom is -0.366 e. The lowest BCUT2D eigenvalue weighted by Gasteiger charge is -2.05. The van der Waals surface area contributed by atoms with Crippen molar-refractivity contribution in [3.63, 3.8) is 0 Å². The third-order valence-electron chi connectivity index (χ3n) is 2.15. The number of hydrogen-bond acceptors (Lipinski definition) is 3. The van der Waals surface area contributed by atoms with Gasteiger partial charge < -0.3 is 16.0 Å². The van der Waals surface area contributed by atoms with Crippen LogP contribution in [0.2, 0.25) is 0 Å². The second kappa shape index (κ2) is 12.7. The predicted molar refractivity (Wildman–Crippen MR) is 84.0 cm³/mol. The fraction of sp³-hybridized carbons (Fsp3) is 0.400. The van der Waals surface area contributed by atoms with E-state index in [2.05, 4.69) is 30.8 Å². The van der Waals surface area contributed by atoms with Crippen molar-refractivity contribution in [3.05, 3.63) is 38.1 Å². The van der Waals surface area contributed by atoms with E-state index in [1.807, 2.05) is 13.8 Å². The monoisotopic (exact) mass is 295 g/mol. The van der Waals surface area contributed by atoms with Crippen LogP contribution in [-0.4, -0.2) is 35.2 Å². The Morgan fingerprint density at radius 2 is 1.81 bits per heavy atom. The van der Waals surface area contributed by atoms with Crippen LogP contribution in [0.4, 0.5) is 0 Å². The molecule has 0 radical (unpaired) electrons. The number of rotatable bonds is 4. The van der Waals surface area contributed by atoms with E-state index in [-0.39, 0.29) is 17.9 Å². The van der Waals surface area contributed by atoms with Gasteiger partial charge >= 0.3 is 0 Å². The van der Waals surface area contributed by atoms with Crippen LogP contribution in [0, 0.1) is 0 Å². The van der Waals surface area contributed by atoms with Crippen LogP contribution >= 0.6 is 0 Å². The second-order valence-corrected chi connectivity index (χ2v) is 4.35. The van der Waals surface area contributed by atoms with Gasteiger partial charge in [0.1, 0.15) is 0 Å². The van der Waals surface area contributed by atoms with Crippen molar-refractivity contribution in [3.8, 4) is 0 Å². The molecule has 0 spiro atoms. The summed E-state index contributed by atoms with van der Waals surface area (Å²) in [7, 11) is 0. The van der Waals surface area contributed by atoms with Gasteiger partial charge in [-0.15, -0.1) is 0 Å². The van der Waals surface area contributed by atoms with Crippen LogP contribution in [0.3, 0.4) is 0 Å². The van der Waals surface area contributed by atoms with E-state index >= 15 is 0 Å². The largest absolute Gasteiger partial charge is 0.366 e. The zero-order chi connectivity index (χ0) is 16.8. The van der Waals surface area contributed by atoms with E-state index in [1.165, 1.54) is 6.08 Å². The highest BCUT2D eigenvalue weighted by Gasteiger charge is 2.15. The van der Waals surface area contributed by atoms with Crippen molar-refractivity contribution in [2.24, 2.45) is 5.73 Å². The van der Waals surface area contributed by atoms with E-state index in [9.17, 15) is 14.4 Å². The maximum Gasteiger partial charge on any atom is 0.243 e. The highest BCUT2D eigenvalue weighted by molar-refractivity contribution is 5.87. The van der Waals surface area contributed by atoms with Crippen LogP contribution in [0.15, 0.2) is 38.1 Å². The van der Waals surface area contributed by atoms with Crippen molar-refractivity contribution < 1.29 is 14.4 Å². The molecule has 0 bridgehead atoms. The van der Waals surface area contributed by atoms with Gasteiger partial charge in [-0.25, -0.2) is 0 Å². The molecule has 3 N–H and O–H groups in total. The average molecular weight is 295 g/mol. The molecule has 0 aliphatic carbocycles. The third kappa shape index (κ3) is 13.9. The first-order valence-corrected chi connectivity index (χ1v) is 6.55. The first-order chi connectivity index (χ1) is 9.78. The Kier molecular flexibility index (Phi) is 12.6. The number of amides is 3. The van der Waals surface area contributed by atoms with Gasteiger partial charge in [0.05, 0.1) is 0 Å². The molecule has 6 heteroatoms. The highest BCUT2D eigenvalue weighted by atomic mass is 16.2. The Morgan fingerprint density at radius 3 is 1.95 bits per heavy atom. The molecule has 0 aromatic rings. The number of nitrogens with zero attached hydrogens (tertiary/aromatic N) is 1. The lowest BCUT2D eigenvalue weighted by atomic mass is 10.4. The van der Waals surface area contributed by atoms with Gasteiger partial charge in [0.2, 0.25) is 17.7 Å². The Bertz CT molecular complexity index is 390. The number of carbonyl (C=O) groups is 3. The number of likely N-dealkylation sites (tertiary alicyclic amines) is 1. The quantitative estimate of drug-likeness (QED) is 0.761. The van der Waals surface area contributed by atoms with Crippen LogP contribution in [-0.2, 0) is 14.4 Å². The van der Waals surface area contributed by atoms with Crippen LogP contribution < -0.4 is 11.1 Å². The molecule has 0 saturated carbocycles. The second-order valence-electron chi connectivity index (χ2n) is 4.35. The molecule has 6 nitrogen and oxygen atoms in total. The zero-order valence-corrected chi connectivity index (χ0v) is 12.8. The minimum absolute atomic E-state index is 0.111. The van der Waals surface area contributed by atoms with E-state index in [4.69, 9.17) is 0 Å². The van der Waals surface area contributed by atoms with Gasteiger partial charge in [-0.05, 0) is 38.6 Å². The summed E-state index contributed by atoms with van der Waals surface area (Å²) in [6, 6.07) is 0.209. The van der Waals surface area contributed by atoms with Gasteiger partial charge in [-0.2, -0.15) is 0 Å². The number of hydrogen-bond donors (Lipinski definition) is 2. The Morgan fingerprint density at radius 1 is 1.29 bits per heavy atom. The fourth-order valence-corrected chi connectivity index (χ4v) is 1.21. The molecule has 0 unspecified atom stereocenters. The van der Waals surface area contributed by atoms with Crippen molar-refractivity contribution >= 4 is 17.7 Å². The van der Waals surface area contributed by atoms with Gasteiger partial charge in [0.25, 0.3) is 0 Å². The maximum absolute atomic E-state index is 10.7. The molecule has 1 rings (SSSR count). The summed E-state index contributed by atoms with van der Waals surface area (Å²) >= 11 is 0. The van der Waals surface area contributed by atoms with Crippen molar-refractivity contribution in [1.82, 2.24) is 10.2 Å². The predicted octanol–water partition coefficient (Wildman–Crippen LogP) is 1.11. The summed E-state index contributed by atoms with van der Waals surface area (Å²) in [6.07, 6.45) is 5.60. The molecular weight excluding hydrogens is 270 g/mol. The molecule has 3 amide bonds. The smallest absolute Gasteiger partial charge is 0.243 e. The SMILES string of the molecule is C=CC(=O)NC(C)C.C=CC(N)=O.C=CN1CCCC1=O. The Hall–Kier alpha value is -2.37. The molecule has 21 heavy (non-hydrogen) atoms. The molecular formula is C15H25N3O3. The van der Waals surface area contributed by atoms with E-state index in [0.717, 1.165) is 19.0 Å². The van der Waals surface area contributed by atoms with E-state index in [1.54, 1.807) is 11.1 Å². The summed E-state index contributed by atoms with van der Waals surface area (Å²) in [5, 5.41) is 2.64. The molecule has 0 aromatic carbocycles. The lowest BCUT2D eigenvalue weighted by molar-refractivity contribution is -0.125. The van der Waals surface area contributed by atoms with Gasteiger partial charge in [-0.3, -0.25) is 14.4 Å². The number of nitrogens with two attached hydrogens (primary N) is 1. The summed E-state index contributed by atoms with van der Waals surface area (Å²) in [5.41, 5.74) is 4.53. The van der Waals surface area contributed by atoms with Crippen molar-refractivity contribution in [2.75, 3.05) is 6.54 Å². The minimum atomic E-state index is -0.481. The third-order valence-corrected chi connectivity index (χ3v) is 2.15. The van der Waals surface area contributed by atoms with Crippen molar-refractivity contribution in [2.45, 2.75) is 32.7 Å². The standard InChI is InChI=1S/C6H9NO.C6H11NO.C3H5NO/c1-2-7-5-3-4-6(7)8;1-4-6(8)7-5(2)3;1-2-3(4)5/h2H,1,3-5H2;4-5H,1H2,2-3H3,(H,7,8);2H,1H2,(H2,4,5). The number of nitrogens with one attached hydrogen (secondary N) is 1. The summed E-state index contributed by atoms with van der Waals surface area (Å²) < 4.78 is 0. The van der Waals surface area contributed by atoms with Gasteiger partial charge in [0, 0.05) is 19.0 Å². The highest BCUT2D eigenvalue weighted by Crippen LogP contribution is 2.08. The summed E-state index contributed by atoms with van der Waals surface area (Å²) in [4.78, 5) is 32.2. The molecule has 0 atom stereocenters. The molecule has 1 saturated heterocycles. The molecule has 0 aromatic heterocycles. The zero-order valence-electron chi connectivity index (χ0n) is 12.8. The average Bonchev–Trinajstić information content (AvgIpc) is 2.84. The van der Waals surface area contributed by atoms with Crippen LogP contribution in [0.25, 0.3) is 0 Å².